The summed E-state index contributed by atoms with van der Waals surface area (Å²) < 4.78 is 7.14. The third-order valence-electron chi connectivity index (χ3n) is 5.50. The average molecular weight is 442 g/mol. The van der Waals surface area contributed by atoms with Crippen molar-refractivity contribution in [1.29, 1.82) is 0 Å². The van der Waals surface area contributed by atoms with Crippen molar-refractivity contribution in [3.63, 3.8) is 0 Å². The highest BCUT2D eigenvalue weighted by molar-refractivity contribution is 5.96. The molecule has 2 N–H and O–H groups in total. The molecular formula is C26H27N5O2. The monoisotopic (exact) mass is 441 g/mol. The SMILES string of the molecule is COc1ccc(C)cc1NC(=O)[C@@H](N[C@@H](C)c1ccc(-n2cncn2)cc1)c1ccccc1. The van der Waals surface area contributed by atoms with Crippen molar-refractivity contribution < 1.29 is 9.53 Å². The zero-order valence-electron chi connectivity index (χ0n) is 18.9. The van der Waals surface area contributed by atoms with Gasteiger partial charge in [0.2, 0.25) is 5.91 Å². The number of benzene rings is 3. The maximum Gasteiger partial charge on any atom is 0.246 e. The van der Waals surface area contributed by atoms with E-state index in [1.807, 2.05) is 86.6 Å². The molecule has 1 amide bonds. The van der Waals surface area contributed by atoms with Crippen molar-refractivity contribution in [2.75, 3.05) is 12.4 Å². The molecule has 7 heteroatoms. The molecule has 1 heterocycles. The summed E-state index contributed by atoms with van der Waals surface area (Å²) in [5.74, 6) is 0.466. The summed E-state index contributed by atoms with van der Waals surface area (Å²) in [4.78, 5) is 17.4. The minimum atomic E-state index is -0.554. The van der Waals surface area contributed by atoms with Gasteiger partial charge < -0.3 is 10.1 Å². The van der Waals surface area contributed by atoms with Gasteiger partial charge in [-0.25, -0.2) is 9.67 Å². The van der Waals surface area contributed by atoms with Gasteiger partial charge in [-0.1, -0.05) is 48.5 Å². The van der Waals surface area contributed by atoms with Gasteiger partial charge >= 0.3 is 0 Å². The van der Waals surface area contributed by atoms with Crippen LogP contribution in [0.3, 0.4) is 0 Å². The molecule has 4 aromatic rings. The van der Waals surface area contributed by atoms with Gasteiger partial charge in [-0.15, -0.1) is 0 Å². The molecule has 1 aromatic heterocycles. The number of carbonyl (C=O) groups excluding carboxylic acids is 1. The van der Waals surface area contributed by atoms with Crippen LogP contribution in [0.25, 0.3) is 5.69 Å². The van der Waals surface area contributed by atoms with Gasteiger partial charge in [0.15, 0.2) is 0 Å². The Labute approximate surface area is 193 Å². The molecule has 0 fully saturated rings. The number of rotatable bonds is 8. The van der Waals surface area contributed by atoms with Gasteiger partial charge in [0.25, 0.3) is 0 Å². The summed E-state index contributed by atoms with van der Waals surface area (Å²) in [6.45, 7) is 4.02. The van der Waals surface area contributed by atoms with E-state index < -0.39 is 6.04 Å². The number of amides is 1. The Morgan fingerprint density at radius 2 is 1.76 bits per heavy atom. The van der Waals surface area contributed by atoms with Crippen LogP contribution in [0.4, 0.5) is 5.69 Å². The first-order chi connectivity index (χ1) is 16.0. The highest BCUT2D eigenvalue weighted by Crippen LogP contribution is 2.28. The Morgan fingerprint density at radius 1 is 1.00 bits per heavy atom. The zero-order valence-corrected chi connectivity index (χ0v) is 18.9. The topological polar surface area (TPSA) is 81.1 Å². The van der Waals surface area contributed by atoms with E-state index in [0.717, 1.165) is 22.4 Å². The third kappa shape index (κ3) is 5.27. The number of aromatic nitrogens is 3. The van der Waals surface area contributed by atoms with Crippen LogP contribution in [0, 0.1) is 6.92 Å². The first kappa shape index (κ1) is 22.2. The summed E-state index contributed by atoms with van der Waals surface area (Å²) in [6.07, 6.45) is 3.16. The molecule has 0 unspecified atom stereocenters. The maximum atomic E-state index is 13.4. The summed E-state index contributed by atoms with van der Waals surface area (Å²) >= 11 is 0. The molecule has 0 saturated carbocycles. The molecule has 0 aliphatic heterocycles. The van der Waals surface area contributed by atoms with E-state index in [-0.39, 0.29) is 11.9 Å². The molecular weight excluding hydrogens is 414 g/mol. The summed E-state index contributed by atoms with van der Waals surface area (Å²) in [7, 11) is 1.60. The number of methoxy groups -OCH3 is 1. The number of hydrogen-bond acceptors (Lipinski definition) is 5. The van der Waals surface area contributed by atoms with Gasteiger partial charge in [-0.05, 0) is 54.8 Å². The standard InChI is InChI=1S/C26H27N5O2/c1-18-9-14-24(33-3)23(15-18)30-26(32)25(21-7-5-4-6-8-21)29-19(2)20-10-12-22(13-11-20)31-17-27-16-28-31/h4-17,19,25,29H,1-3H3,(H,30,32)/t19-,25-/m0/s1. The number of carbonyl (C=O) groups is 1. The van der Waals surface area contributed by atoms with E-state index in [0.29, 0.717) is 11.4 Å². The van der Waals surface area contributed by atoms with Crippen molar-refractivity contribution in [3.05, 3.63) is 102 Å². The molecule has 3 aromatic carbocycles. The van der Waals surface area contributed by atoms with Gasteiger partial charge in [-0.3, -0.25) is 10.1 Å². The fourth-order valence-electron chi connectivity index (χ4n) is 3.70. The normalized spacial score (nSPS) is 12.7. The van der Waals surface area contributed by atoms with Crippen LogP contribution in [-0.2, 0) is 4.79 Å². The second-order valence-electron chi connectivity index (χ2n) is 7.86. The van der Waals surface area contributed by atoms with Crippen LogP contribution in [-0.4, -0.2) is 27.8 Å². The molecule has 33 heavy (non-hydrogen) atoms. The lowest BCUT2D eigenvalue weighted by molar-refractivity contribution is -0.118. The number of hydrogen-bond donors (Lipinski definition) is 2. The van der Waals surface area contributed by atoms with E-state index in [4.69, 9.17) is 4.74 Å². The van der Waals surface area contributed by atoms with Crippen LogP contribution in [0.2, 0.25) is 0 Å². The molecule has 0 aliphatic rings. The number of nitrogens with zero attached hydrogens (tertiary/aromatic N) is 3. The van der Waals surface area contributed by atoms with Crippen molar-refractivity contribution in [1.82, 2.24) is 20.1 Å². The lowest BCUT2D eigenvalue weighted by atomic mass is 10.0. The lowest BCUT2D eigenvalue weighted by Gasteiger charge is -2.24. The number of ether oxygens (including phenoxy) is 1. The molecule has 0 spiro atoms. The first-order valence-electron chi connectivity index (χ1n) is 10.8. The van der Waals surface area contributed by atoms with Gasteiger partial charge in [0, 0.05) is 6.04 Å². The predicted molar refractivity (Wildman–Crippen MR) is 128 cm³/mol. The smallest absolute Gasteiger partial charge is 0.246 e. The average Bonchev–Trinajstić information content (AvgIpc) is 3.38. The fourth-order valence-corrected chi connectivity index (χ4v) is 3.70. The molecule has 0 aliphatic carbocycles. The Kier molecular flexibility index (Phi) is 6.80. The van der Waals surface area contributed by atoms with Crippen molar-refractivity contribution >= 4 is 11.6 Å². The second-order valence-corrected chi connectivity index (χ2v) is 7.86. The largest absolute Gasteiger partial charge is 0.495 e. The minimum absolute atomic E-state index is 0.0786. The van der Waals surface area contributed by atoms with Gasteiger partial charge in [-0.2, -0.15) is 5.10 Å². The van der Waals surface area contributed by atoms with Crippen LogP contribution in [0.15, 0.2) is 85.5 Å². The predicted octanol–water partition coefficient (Wildman–Crippen LogP) is 4.61. The van der Waals surface area contributed by atoms with Crippen LogP contribution >= 0.6 is 0 Å². The summed E-state index contributed by atoms with van der Waals surface area (Å²) in [5, 5.41) is 10.7. The highest BCUT2D eigenvalue weighted by Gasteiger charge is 2.24. The van der Waals surface area contributed by atoms with Crippen LogP contribution < -0.4 is 15.4 Å². The van der Waals surface area contributed by atoms with Crippen LogP contribution in [0.5, 0.6) is 5.75 Å². The molecule has 0 saturated heterocycles. The van der Waals surface area contributed by atoms with E-state index in [9.17, 15) is 4.79 Å². The molecule has 0 bridgehead atoms. The van der Waals surface area contributed by atoms with Crippen molar-refractivity contribution in [2.45, 2.75) is 25.9 Å². The van der Waals surface area contributed by atoms with E-state index >= 15 is 0 Å². The first-order valence-corrected chi connectivity index (χ1v) is 10.8. The molecule has 0 radical (unpaired) electrons. The molecule has 2 atom stereocenters. The number of anilines is 1. The van der Waals surface area contributed by atoms with Crippen molar-refractivity contribution in [3.8, 4) is 11.4 Å². The Hall–Kier alpha value is -3.97. The highest BCUT2D eigenvalue weighted by atomic mass is 16.5. The lowest BCUT2D eigenvalue weighted by Crippen LogP contribution is -2.34. The van der Waals surface area contributed by atoms with E-state index in [1.165, 1.54) is 6.33 Å². The fraction of sp³-hybridized carbons (Fsp3) is 0.192. The number of aryl methyl sites for hydroxylation is 1. The van der Waals surface area contributed by atoms with E-state index in [2.05, 4.69) is 20.7 Å². The van der Waals surface area contributed by atoms with Gasteiger partial charge in [0.05, 0.1) is 18.5 Å². The summed E-state index contributed by atoms with van der Waals surface area (Å²) in [6, 6.07) is 22.8. The second kappa shape index (κ2) is 10.1. The van der Waals surface area contributed by atoms with Crippen LogP contribution in [0.1, 0.15) is 35.7 Å². The molecule has 7 nitrogen and oxygen atoms in total. The maximum absolute atomic E-state index is 13.4. The number of nitrogens with one attached hydrogen (secondary N) is 2. The quantitative estimate of drug-likeness (QED) is 0.417. The summed E-state index contributed by atoms with van der Waals surface area (Å²) in [5.41, 5.74) is 4.55. The Bertz CT molecular complexity index is 1190. The Morgan fingerprint density at radius 3 is 2.42 bits per heavy atom. The van der Waals surface area contributed by atoms with Gasteiger partial charge in [0.1, 0.15) is 24.4 Å². The molecule has 4 rings (SSSR count). The van der Waals surface area contributed by atoms with E-state index in [1.54, 1.807) is 18.1 Å². The third-order valence-corrected chi connectivity index (χ3v) is 5.50. The molecule has 168 valence electrons. The van der Waals surface area contributed by atoms with Crippen molar-refractivity contribution in [2.24, 2.45) is 0 Å². The minimum Gasteiger partial charge on any atom is -0.495 e. The zero-order chi connectivity index (χ0) is 23.2. The Balaban J connectivity index is 1.56.